The SMILES string of the molecule is COc1cc(C=C(C#N)C#N)cc(OC)c1B(O)O. The summed E-state index contributed by atoms with van der Waals surface area (Å²) in [4.78, 5) is 0. The highest BCUT2D eigenvalue weighted by atomic mass is 16.5. The summed E-state index contributed by atoms with van der Waals surface area (Å²) in [6.45, 7) is 0. The molecule has 0 fully saturated rings. The number of nitriles is 2. The van der Waals surface area contributed by atoms with Crippen LogP contribution in [0.4, 0.5) is 0 Å². The molecule has 0 aliphatic carbocycles. The smallest absolute Gasteiger partial charge is 0.496 e. The predicted molar refractivity (Wildman–Crippen MR) is 68.6 cm³/mol. The van der Waals surface area contributed by atoms with Gasteiger partial charge in [0.05, 0.1) is 19.7 Å². The Kier molecular flexibility index (Phi) is 4.96. The van der Waals surface area contributed by atoms with Crippen molar-refractivity contribution in [2.75, 3.05) is 14.2 Å². The van der Waals surface area contributed by atoms with Crippen LogP contribution >= 0.6 is 0 Å². The van der Waals surface area contributed by atoms with Crippen LogP contribution in [-0.2, 0) is 0 Å². The lowest BCUT2D eigenvalue weighted by Crippen LogP contribution is -2.32. The van der Waals surface area contributed by atoms with Crippen LogP contribution < -0.4 is 14.9 Å². The van der Waals surface area contributed by atoms with Gasteiger partial charge in [0.1, 0.15) is 29.2 Å². The second kappa shape index (κ2) is 6.46. The quantitative estimate of drug-likeness (QED) is 0.572. The third-order valence-corrected chi connectivity index (χ3v) is 2.38. The van der Waals surface area contributed by atoms with Crippen LogP contribution in [0, 0.1) is 22.7 Å². The molecular formula is C12H11BN2O4. The van der Waals surface area contributed by atoms with Crippen LogP contribution in [-0.4, -0.2) is 31.4 Å². The Morgan fingerprint density at radius 1 is 1.16 bits per heavy atom. The number of hydrogen-bond donors (Lipinski definition) is 2. The largest absolute Gasteiger partial charge is 0.497 e. The molecule has 1 rings (SSSR count). The minimum Gasteiger partial charge on any atom is -0.497 e. The topological polar surface area (TPSA) is 106 Å². The highest BCUT2D eigenvalue weighted by molar-refractivity contribution is 6.61. The van der Waals surface area contributed by atoms with E-state index in [-0.39, 0.29) is 22.5 Å². The van der Waals surface area contributed by atoms with Crippen LogP contribution in [0.15, 0.2) is 17.7 Å². The van der Waals surface area contributed by atoms with Crippen molar-refractivity contribution in [3.8, 4) is 23.6 Å². The zero-order chi connectivity index (χ0) is 14.4. The number of ether oxygens (including phenoxy) is 2. The number of rotatable bonds is 4. The summed E-state index contributed by atoms with van der Waals surface area (Å²) in [5, 5.41) is 36.0. The summed E-state index contributed by atoms with van der Waals surface area (Å²) in [7, 11) is 0.974. The van der Waals surface area contributed by atoms with Crippen LogP contribution in [0.2, 0.25) is 0 Å². The highest BCUT2D eigenvalue weighted by Gasteiger charge is 2.23. The molecule has 0 bridgehead atoms. The summed E-state index contributed by atoms with van der Waals surface area (Å²) in [6.07, 6.45) is 1.35. The Labute approximate surface area is 110 Å². The van der Waals surface area contributed by atoms with E-state index in [1.54, 1.807) is 12.1 Å². The minimum absolute atomic E-state index is 0.0811. The monoisotopic (exact) mass is 258 g/mol. The van der Waals surface area contributed by atoms with Crippen molar-refractivity contribution in [1.29, 1.82) is 10.5 Å². The van der Waals surface area contributed by atoms with Gasteiger partial charge in [0, 0.05) is 0 Å². The Balaban J connectivity index is 3.45. The Bertz CT molecular complexity index is 543. The van der Waals surface area contributed by atoms with Gasteiger partial charge in [0.15, 0.2) is 0 Å². The number of benzene rings is 1. The average Bonchev–Trinajstić information content (AvgIpc) is 2.43. The van der Waals surface area contributed by atoms with Crippen molar-refractivity contribution >= 4 is 18.7 Å². The van der Waals surface area contributed by atoms with Crippen LogP contribution in [0.3, 0.4) is 0 Å². The molecule has 0 atom stereocenters. The zero-order valence-electron chi connectivity index (χ0n) is 10.4. The first kappa shape index (κ1) is 14.6. The van der Waals surface area contributed by atoms with E-state index >= 15 is 0 Å². The molecule has 0 aliphatic heterocycles. The van der Waals surface area contributed by atoms with E-state index in [2.05, 4.69) is 0 Å². The van der Waals surface area contributed by atoms with E-state index in [0.29, 0.717) is 5.56 Å². The summed E-state index contributed by atoms with van der Waals surface area (Å²) in [6, 6.07) is 6.42. The van der Waals surface area contributed by atoms with Crippen molar-refractivity contribution in [2.45, 2.75) is 0 Å². The molecule has 0 radical (unpaired) electrons. The molecule has 0 unspecified atom stereocenters. The number of methoxy groups -OCH3 is 2. The van der Waals surface area contributed by atoms with Gasteiger partial charge in [-0.25, -0.2) is 0 Å². The van der Waals surface area contributed by atoms with Gasteiger partial charge < -0.3 is 19.5 Å². The number of hydrogen-bond acceptors (Lipinski definition) is 6. The molecule has 1 aromatic rings. The minimum atomic E-state index is -1.76. The van der Waals surface area contributed by atoms with Crippen LogP contribution in [0.1, 0.15) is 5.56 Å². The fraction of sp³-hybridized carbons (Fsp3) is 0.167. The summed E-state index contributed by atoms with van der Waals surface area (Å²) < 4.78 is 10.1. The molecule has 1 aromatic carbocycles. The van der Waals surface area contributed by atoms with Crippen LogP contribution in [0.25, 0.3) is 6.08 Å². The van der Waals surface area contributed by atoms with E-state index < -0.39 is 7.12 Å². The highest BCUT2D eigenvalue weighted by Crippen LogP contribution is 2.22. The molecule has 6 nitrogen and oxygen atoms in total. The molecule has 0 saturated heterocycles. The fourth-order valence-electron chi connectivity index (χ4n) is 1.55. The molecule has 19 heavy (non-hydrogen) atoms. The third-order valence-electron chi connectivity index (χ3n) is 2.38. The molecule has 0 spiro atoms. The van der Waals surface area contributed by atoms with Gasteiger partial charge in [-0.1, -0.05) is 0 Å². The van der Waals surface area contributed by atoms with Gasteiger partial charge in [-0.05, 0) is 23.8 Å². The van der Waals surface area contributed by atoms with E-state index in [1.807, 2.05) is 0 Å². The molecule has 7 heteroatoms. The first-order chi connectivity index (χ1) is 9.07. The summed E-state index contributed by atoms with van der Waals surface area (Å²) in [5.74, 6) is 0.381. The van der Waals surface area contributed by atoms with E-state index in [4.69, 9.17) is 20.0 Å². The third kappa shape index (κ3) is 3.26. The van der Waals surface area contributed by atoms with E-state index in [0.717, 1.165) is 0 Å². The lowest BCUT2D eigenvalue weighted by atomic mass is 9.78. The van der Waals surface area contributed by atoms with Crippen molar-refractivity contribution in [3.63, 3.8) is 0 Å². The normalized spacial score (nSPS) is 8.95. The molecule has 0 aromatic heterocycles. The molecular weight excluding hydrogens is 247 g/mol. The zero-order valence-corrected chi connectivity index (χ0v) is 10.4. The van der Waals surface area contributed by atoms with Gasteiger partial charge in [-0.3, -0.25) is 0 Å². The second-order valence-corrected chi connectivity index (χ2v) is 3.49. The number of allylic oxidation sites excluding steroid dienone is 1. The maximum Gasteiger partial charge on any atom is 0.496 e. The van der Waals surface area contributed by atoms with Gasteiger partial charge >= 0.3 is 7.12 Å². The van der Waals surface area contributed by atoms with Crippen molar-refractivity contribution in [1.82, 2.24) is 0 Å². The molecule has 0 saturated carbocycles. The van der Waals surface area contributed by atoms with Gasteiger partial charge in [-0.15, -0.1) is 0 Å². The standard InChI is InChI=1S/C12H11BN2O4/c1-18-10-4-8(3-9(6-14)7-15)5-11(19-2)12(10)13(16)17/h3-5,16-17H,1-2H3. The Morgan fingerprint density at radius 2 is 1.63 bits per heavy atom. The van der Waals surface area contributed by atoms with Crippen molar-refractivity contribution in [2.24, 2.45) is 0 Å². The van der Waals surface area contributed by atoms with Gasteiger partial charge in [0.2, 0.25) is 0 Å². The average molecular weight is 258 g/mol. The molecule has 2 N–H and O–H groups in total. The maximum absolute atomic E-state index is 9.29. The first-order valence-electron chi connectivity index (χ1n) is 5.21. The Morgan fingerprint density at radius 3 is 1.95 bits per heavy atom. The molecule has 0 heterocycles. The summed E-state index contributed by atoms with van der Waals surface area (Å²) in [5.41, 5.74) is 0.482. The van der Waals surface area contributed by atoms with E-state index in [1.165, 1.54) is 32.4 Å². The summed E-state index contributed by atoms with van der Waals surface area (Å²) >= 11 is 0. The van der Waals surface area contributed by atoms with Gasteiger partial charge in [-0.2, -0.15) is 10.5 Å². The lowest BCUT2D eigenvalue weighted by Gasteiger charge is -2.13. The maximum atomic E-state index is 9.29. The fourth-order valence-corrected chi connectivity index (χ4v) is 1.55. The van der Waals surface area contributed by atoms with Crippen molar-refractivity contribution < 1.29 is 19.5 Å². The predicted octanol–water partition coefficient (Wildman–Crippen LogP) is -0.186. The Hall–Kier alpha value is -2.48. The molecule has 96 valence electrons. The second-order valence-electron chi connectivity index (χ2n) is 3.49. The first-order valence-corrected chi connectivity index (χ1v) is 5.21. The van der Waals surface area contributed by atoms with Gasteiger partial charge in [0.25, 0.3) is 0 Å². The molecule has 0 amide bonds. The number of nitrogens with zero attached hydrogens (tertiary/aromatic N) is 2. The van der Waals surface area contributed by atoms with Crippen molar-refractivity contribution in [3.05, 3.63) is 23.3 Å². The van der Waals surface area contributed by atoms with E-state index in [9.17, 15) is 10.0 Å². The molecule has 0 aliphatic rings. The van der Waals surface area contributed by atoms with Crippen LogP contribution in [0.5, 0.6) is 11.5 Å². The lowest BCUT2D eigenvalue weighted by molar-refractivity contribution is 0.385.